The first-order chi connectivity index (χ1) is 9.47. The summed E-state index contributed by atoms with van der Waals surface area (Å²) in [5.41, 5.74) is 0.912. The predicted molar refractivity (Wildman–Crippen MR) is 73.0 cm³/mol. The van der Waals surface area contributed by atoms with Crippen LogP contribution in [0.2, 0.25) is 5.02 Å². The van der Waals surface area contributed by atoms with E-state index in [9.17, 15) is 13.2 Å². The SMILES string of the molecule is CC(NCc1cc(F)ccc1F)c1ccc(Cl)c(F)c1. The molecule has 1 nitrogen and oxygen atoms in total. The second-order valence-corrected chi connectivity index (χ2v) is 4.92. The molecule has 2 aromatic carbocycles. The maximum Gasteiger partial charge on any atom is 0.142 e. The average molecular weight is 300 g/mol. The molecule has 0 aliphatic rings. The maximum absolute atomic E-state index is 13.5. The number of halogens is 4. The summed E-state index contributed by atoms with van der Waals surface area (Å²) in [4.78, 5) is 0. The van der Waals surface area contributed by atoms with Crippen molar-refractivity contribution >= 4 is 11.6 Å². The van der Waals surface area contributed by atoms with Gasteiger partial charge in [-0.2, -0.15) is 0 Å². The number of hydrogen-bond acceptors (Lipinski definition) is 1. The summed E-state index contributed by atoms with van der Waals surface area (Å²) in [5, 5.41) is 3.07. The minimum Gasteiger partial charge on any atom is -0.306 e. The van der Waals surface area contributed by atoms with Gasteiger partial charge in [0.05, 0.1) is 5.02 Å². The van der Waals surface area contributed by atoms with Gasteiger partial charge >= 0.3 is 0 Å². The maximum atomic E-state index is 13.5. The Morgan fingerprint density at radius 3 is 2.50 bits per heavy atom. The van der Waals surface area contributed by atoms with Crippen molar-refractivity contribution in [3.63, 3.8) is 0 Å². The van der Waals surface area contributed by atoms with Crippen LogP contribution >= 0.6 is 11.6 Å². The highest BCUT2D eigenvalue weighted by Crippen LogP contribution is 2.20. The molecule has 0 spiro atoms. The normalized spacial score (nSPS) is 12.4. The fraction of sp³-hybridized carbons (Fsp3) is 0.200. The van der Waals surface area contributed by atoms with Crippen LogP contribution in [0, 0.1) is 17.5 Å². The second-order valence-electron chi connectivity index (χ2n) is 4.51. The number of hydrogen-bond donors (Lipinski definition) is 1. The molecule has 0 amide bonds. The molecule has 0 aliphatic carbocycles. The van der Waals surface area contributed by atoms with E-state index in [1.54, 1.807) is 13.0 Å². The highest BCUT2D eigenvalue weighted by Gasteiger charge is 2.10. The van der Waals surface area contributed by atoms with E-state index in [0.717, 1.165) is 18.2 Å². The van der Waals surface area contributed by atoms with Gasteiger partial charge in [-0.1, -0.05) is 17.7 Å². The molecule has 0 radical (unpaired) electrons. The van der Waals surface area contributed by atoms with Gasteiger partial charge in [0.15, 0.2) is 0 Å². The summed E-state index contributed by atoms with van der Waals surface area (Å²) in [6, 6.07) is 7.54. The van der Waals surface area contributed by atoms with Crippen LogP contribution in [0.4, 0.5) is 13.2 Å². The zero-order valence-electron chi connectivity index (χ0n) is 10.8. The van der Waals surface area contributed by atoms with Gasteiger partial charge in [0.2, 0.25) is 0 Å². The Balaban J connectivity index is 2.06. The molecule has 5 heteroatoms. The summed E-state index contributed by atoms with van der Waals surface area (Å²) < 4.78 is 39.8. The quantitative estimate of drug-likeness (QED) is 0.869. The van der Waals surface area contributed by atoms with Crippen LogP contribution in [0.1, 0.15) is 24.1 Å². The number of rotatable bonds is 4. The highest BCUT2D eigenvalue weighted by molar-refractivity contribution is 6.30. The first kappa shape index (κ1) is 14.9. The van der Waals surface area contributed by atoms with Crippen molar-refractivity contribution in [1.82, 2.24) is 5.32 Å². The first-order valence-electron chi connectivity index (χ1n) is 6.09. The van der Waals surface area contributed by atoms with Crippen LogP contribution in [0.3, 0.4) is 0 Å². The lowest BCUT2D eigenvalue weighted by molar-refractivity contribution is 0.532. The third kappa shape index (κ3) is 3.52. The number of benzene rings is 2. The minimum absolute atomic E-state index is 0.0529. The van der Waals surface area contributed by atoms with Crippen LogP contribution in [-0.4, -0.2) is 0 Å². The summed E-state index contributed by atoms with van der Waals surface area (Å²) in [6.07, 6.45) is 0. The van der Waals surface area contributed by atoms with Gasteiger partial charge < -0.3 is 5.32 Å². The molecule has 106 valence electrons. The zero-order chi connectivity index (χ0) is 14.7. The predicted octanol–water partition coefficient (Wildman–Crippen LogP) is 4.61. The minimum atomic E-state index is -0.505. The lowest BCUT2D eigenvalue weighted by atomic mass is 10.1. The molecule has 2 rings (SSSR count). The average Bonchev–Trinajstić information content (AvgIpc) is 2.42. The summed E-state index contributed by atoms with van der Waals surface area (Å²) >= 11 is 5.61. The fourth-order valence-electron chi connectivity index (χ4n) is 1.84. The highest BCUT2D eigenvalue weighted by atomic mass is 35.5. The molecule has 2 aromatic rings. The Labute approximate surface area is 120 Å². The molecular formula is C15H13ClF3N. The molecule has 0 fully saturated rings. The van der Waals surface area contributed by atoms with Crippen LogP contribution in [0.15, 0.2) is 36.4 Å². The summed E-state index contributed by atoms with van der Waals surface area (Å²) in [7, 11) is 0. The first-order valence-corrected chi connectivity index (χ1v) is 6.47. The van der Waals surface area contributed by atoms with Crippen LogP contribution < -0.4 is 5.32 Å². The smallest absolute Gasteiger partial charge is 0.142 e. The third-order valence-corrected chi connectivity index (χ3v) is 3.36. The second kappa shape index (κ2) is 6.29. The van der Waals surface area contributed by atoms with Crippen molar-refractivity contribution in [1.29, 1.82) is 0 Å². The van der Waals surface area contributed by atoms with E-state index in [-0.39, 0.29) is 23.2 Å². The van der Waals surface area contributed by atoms with Crippen molar-refractivity contribution in [2.24, 2.45) is 0 Å². The molecule has 1 N–H and O–H groups in total. The van der Waals surface area contributed by atoms with Gasteiger partial charge in [0.1, 0.15) is 17.5 Å². The van der Waals surface area contributed by atoms with Crippen molar-refractivity contribution in [2.75, 3.05) is 0 Å². The monoisotopic (exact) mass is 299 g/mol. The van der Waals surface area contributed by atoms with E-state index in [0.29, 0.717) is 5.56 Å². The molecule has 0 aromatic heterocycles. The number of nitrogens with one attached hydrogen (secondary N) is 1. The van der Waals surface area contributed by atoms with Gasteiger partial charge in [-0.05, 0) is 42.8 Å². The molecule has 0 heterocycles. The molecule has 20 heavy (non-hydrogen) atoms. The topological polar surface area (TPSA) is 12.0 Å². The molecule has 0 saturated heterocycles. The molecule has 0 aliphatic heterocycles. The third-order valence-electron chi connectivity index (χ3n) is 3.05. The molecule has 1 atom stereocenters. The summed E-state index contributed by atoms with van der Waals surface area (Å²) in [5.74, 6) is -1.48. The lowest BCUT2D eigenvalue weighted by Crippen LogP contribution is -2.19. The van der Waals surface area contributed by atoms with Gasteiger partial charge in [0.25, 0.3) is 0 Å². The zero-order valence-corrected chi connectivity index (χ0v) is 11.5. The van der Waals surface area contributed by atoms with Crippen LogP contribution in [-0.2, 0) is 6.54 Å². The molecular weight excluding hydrogens is 287 g/mol. The van der Waals surface area contributed by atoms with E-state index in [1.165, 1.54) is 12.1 Å². The Kier molecular flexibility index (Phi) is 4.68. The molecule has 0 saturated carbocycles. The van der Waals surface area contributed by atoms with Gasteiger partial charge in [-0.25, -0.2) is 13.2 Å². The van der Waals surface area contributed by atoms with E-state index < -0.39 is 17.5 Å². The van der Waals surface area contributed by atoms with Gasteiger partial charge in [-0.3, -0.25) is 0 Å². The Hall–Kier alpha value is -1.52. The summed E-state index contributed by atoms with van der Waals surface area (Å²) in [6.45, 7) is 1.95. The molecule has 0 bridgehead atoms. The van der Waals surface area contributed by atoms with Crippen molar-refractivity contribution in [3.05, 3.63) is 70.0 Å². The Morgan fingerprint density at radius 1 is 1.05 bits per heavy atom. The van der Waals surface area contributed by atoms with Crippen molar-refractivity contribution < 1.29 is 13.2 Å². The van der Waals surface area contributed by atoms with Crippen LogP contribution in [0.25, 0.3) is 0 Å². The Bertz CT molecular complexity index is 616. The van der Waals surface area contributed by atoms with Crippen molar-refractivity contribution in [2.45, 2.75) is 19.5 Å². The lowest BCUT2D eigenvalue weighted by Gasteiger charge is -2.15. The molecule has 1 unspecified atom stereocenters. The van der Waals surface area contributed by atoms with E-state index in [2.05, 4.69) is 5.32 Å². The van der Waals surface area contributed by atoms with E-state index in [4.69, 9.17) is 11.6 Å². The van der Waals surface area contributed by atoms with Crippen molar-refractivity contribution in [3.8, 4) is 0 Å². The fourth-order valence-corrected chi connectivity index (χ4v) is 1.96. The standard InChI is InChI=1S/C15H13ClF3N/c1-9(10-2-4-13(16)15(19)7-10)20-8-11-6-12(17)3-5-14(11)18/h2-7,9,20H,8H2,1H3. The van der Waals surface area contributed by atoms with Gasteiger partial charge in [0, 0.05) is 18.2 Å². The van der Waals surface area contributed by atoms with Gasteiger partial charge in [-0.15, -0.1) is 0 Å². The van der Waals surface area contributed by atoms with E-state index >= 15 is 0 Å². The Morgan fingerprint density at radius 2 is 1.80 bits per heavy atom. The van der Waals surface area contributed by atoms with E-state index in [1.807, 2.05) is 0 Å². The van der Waals surface area contributed by atoms with Crippen LogP contribution in [0.5, 0.6) is 0 Å². The largest absolute Gasteiger partial charge is 0.306 e.